The Morgan fingerprint density at radius 2 is 1.89 bits per heavy atom. The van der Waals surface area contributed by atoms with Crippen molar-refractivity contribution in [3.8, 4) is 0 Å². The summed E-state index contributed by atoms with van der Waals surface area (Å²) in [5.74, 6) is 0.222. The van der Waals surface area contributed by atoms with Crippen molar-refractivity contribution >= 4 is 28.8 Å². The molecule has 3 aromatic rings. The molecule has 2 aliphatic rings. The van der Waals surface area contributed by atoms with Crippen LogP contribution >= 0.6 is 0 Å². The lowest BCUT2D eigenvalue weighted by molar-refractivity contribution is -0.127. The molecule has 9 nitrogen and oxygen atoms in total. The molecule has 0 bridgehead atoms. The lowest BCUT2D eigenvalue weighted by atomic mass is 10.1. The normalized spacial score (nSPS) is 18.8. The van der Waals surface area contributed by atoms with E-state index < -0.39 is 0 Å². The number of nitrogens with zero attached hydrogens (tertiary/aromatic N) is 6. The molecule has 5 rings (SSSR count). The second-order valence-electron chi connectivity index (χ2n) is 9.82. The Morgan fingerprint density at radius 3 is 2.67 bits per heavy atom. The van der Waals surface area contributed by atoms with E-state index in [-0.39, 0.29) is 17.9 Å². The van der Waals surface area contributed by atoms with Crippen molar-refractivity contribution in [1.29, 1.82) is 0 Å². The molecule has 2 aliphatic heterocycles. The van der Waals surface area contributed by atoms with Crippen molar-refractivity contribution in [3.05, 3.63) is 59.9 Å². The van der Waals surface area contributed by atoms with Crippen LogP contribution in [0.4, 0.5) is 5.95 Å². The summed E-state index contributed by atoms with van der Waals surface area (Å²) in [7, 11) is 0. The van der Waals surface area contributed by atoms with Crippen molar-refractivity contribution in [2.45, 2.75) is 45.1 Å². The molecule has 2 saturated heterocycles. The SMILES string of the molecule is C=C(CN1CCCC1)C(=O)N1CCCC[C@@H](n2c(NC(=O)c3ccnnc3)nc3cccc(C)c32)C1. The van der Waals surface area contributed by atoms with Gasteiger partial charge in [0.05, 0.1) is 35.0 Å². The standard InChI is InChI=1S/C27H33N7O2/c1-19-8-7-10-23-24(19)34(27(30-23)31-25(35)21-11-12-28-29-16-21)22-9-3-4-15-33(18-22)26(36)20(2)17-32-13-5-6-14-32/h7-8,10-12,16,22H,2-6,9,13-15,17-18H2,1H3,(H,30,31,35)/t22-/m1/s1. The van der Waals surface area contributed by atoms with Crippen LogP contribution in [0.25, 0.3) is 11.0 Å². The first kappa shape index (κ1) is 24.1. The molecule has 36 heavy (non-hydrogen) atoms. The molecule has 9 heteroatoms. The first-order valence-corrected chi connectivity index (χ1v) is 12.8. The third-order valence-corrected chi connectivity index (χ3v) is 7.20. The number of carbonyl (C=O) groups excluding carboxylic acids is 2. The van der Waals surface area contributed by atoms with E-state index in [1.54, 1.807) is 6.07 Å². The van der Waals surface area contributed by atoms with E-state index in [4.69, 9.17) is 4.98 Å². The van der Waals surface area contributed by atoms with Crippen LogP contribution in [-0.4, -0.2) is 74.1 Å². The number of aryl methyl sites for hydroxylation is 1. The van der Waals surface area contributed by atoms with Crippen LogP contribution in [0.2, 0.25) is 0 Å². The highest BCUT2D eigenvalue weighted by atomic mass is 16.2. The van der Waals surface area contributed by atoms with E-state index in [1.165, 1.54) is 25.2 Å². The molecule has 0 aliphatic carbocycles. The van der Waals surface area contributed by atoms with Gasteiger partial charge in [0.25, 0.3) is 11.8 Å². The zero-order valence-corrected chi connectivity index (χ0v) is 20.8. The molecule has 0 unspecified atom stereocenters. The Labute approximate surface area is 211 Å². The Kier molecular flexibility index (Phi) is 7.09. The fourth-order valence-electron chi connectivity index (χ4n) is 5.38. The van der Waals surface area contributed by atoms with E-state index >= 15 is 0 Å². The van der Waals surface area contributed by atoms with E-state index in [0.717, 1.165) is 48.9 Å². The van der Waals surface area contributed by atoms with Crippen molar-refractivity contribution in [2.24, 2.45) is 0 Å². The van der Waals surface area contributed by atoms with Crippen molar-refractivity contribution < 1.29 is 9.59 Å². The highest BCUT2D eigenvalue weighted by Gasteiger charge is 2.29. The van der Waals surface area contributed by atoms with Crippen molar-refractivity contribution in [2.75, 3.05) is 38.0 Å². The number of fused-ring (bicyclic) bond motifs is 1. The second kappa shape index (κ2) is 10.6. The Balaban J connectivity index is 1.44. The minimum atomic E-state index is -0.292. The summed E-state index contributed by atoms with van der Waals surface area (Å²) in [6.07, 6.45) is 8.11. The van der Waals surface area contributed by atoms with E-state index in [2.05, 4.69) is 44.6 Å². The van der Waals surface area contributed by atoms with E-state index in [1.807, 2.05) is 17.0 Å². The lowest BCUT2D eigenvalue weighted by Gasteiger charge is -2.28. The van der Waals surface area contributed by atoms with Gasteiger partial charge in [-0.2, -0.15) is 10.2 Å². The summed E-state index contributed by atoms with van der Waals surface area (Å²) < 4.78 is 2.12. The molecular weight excluding hydrogens is 454 g/mol. The van der Waals surface area contributed by atoms with Crippen LogP contribution in [0, 0.1) is 6.92 Å². The second-order valence-corrected chi connectivity index (χ2v) is 9.82. The summed E-state index contributed by atoms with van der Waals surface area (Å²) in [5.41, 5.74) is 3.94. The third kappa shape index (κ3) is 5.02. The number of hydrogen-bond acceptors (Lipinski definition) is 6. The number of anilines is 1. The number of amides is 2. The average molecular weight is 488 g/mol. The Hall–Kier alpha value is -3.59. The molecule has 0 saturated carbocycles. The highest BCUT2D eigenvalue weighted by molar-refractivity contribution is 6.04. The van der Waals surface area contributed by atoms with Crippen LogP contribution in [0.3, 0.4) is 0 Å². The number of carbonyl (C=O) groups is 2. The van der Waals surface area contributed by atoms with Gasteiger partial charge >= 0.3 is 0 Å². The first-order valence-electron chi connectivity index (χ1n) is 12.8. The molecule has 1 atom stereocenters. The molecule has 2 aromatic heterocycles. The number of imidazole rings is 1. The molecule has 1 N–H and O–H groups in total. The molecular formula is C27H33N7O2. The van der Waals surface area contributed by atoms with E-state index in [0.29, 0.717) is 36.7 Å². The number of hydrogen-bond donors (Lipinski definition) is 1. The number of benzene rings is 1. The van der Waals surface area contributed by atoms with Crippen molar-refractivity contribution in [1.82, 2.24) is 29.5 Å². The lowest BCUT2D eigenvalue weighted by Crippen LogP contribution is -2.38. The van der Waals surface area contributed by atoms with Gasteiger partial charge in [0, 0.05) is 25.2 Å². The molecule has 2 amide bonds. The first-order chi connectivity index (χ1) is 17.5. The van der Waals surface area contributed by atoms with Gasteiger partial charge in [-0.25, -0.2) is 4.98 Å². The quantitative estimate of drug-likeness (QED) is 0.534. The van der Waals surface area contributed by atoms with Crippen LogP contribution < -0.4 is 5.32 Å². The molecule has 4 heterocycles. The fourth-order valence-corrected chi connectivity index (χ4v) is 5.38. The maximum atomic E-state index is 13.4. The van der Waals surface area contributed by atoms with Gasteiger partial charge in [-0.15, -0.1) is 0 Å². The fraction of sp³-hybridized carbons (Fsp3) is 0.444. The van der Waals surface area contributed by atoms with Crippen LogP contribution in [-0.2, 0) is 4.79 Å². The minimum Gasteiger partial charge on any atom is -0.337 e. The maximum absolute atomic E-state index is 13.4. The smallest absolute Gasteiger partial charge is 0.259 e. The van der Waals surface area contributed by atoms with Gasteiger partial charge in [0.2, 0.25) is 5.95 Å². The summed E-state index contributed by atoms with van der Waals surface area (Å²) in [4.78, 5) is 35.5. The van der Waals surface area contributed by atoms with Crippen LogP contribution in [0.1, 0.15) is 54.1 Å². The van der Waals surface area contributed by atoms with Crippen LogP contribution in [0.15, 0.2) is 48.8 Å². The van der Waals surface area contributed by atoms with Gasteiger partial charge in [0.1, 0.15) is 0 Å². The summed E-state index contributed by atoms with van der Waals surface area (Å²) in [6, 6.07) is 7.58. The summed E-state index contributed by atoms with van der Waals surface area (Å²) >= 11 is 0. The topological polar surface area (TPSA) is 96.2 Å². The Morgan fingerprint density at radius 1 is 1.08 bits per heavy atom. The molecule has 0 spiro atoms. The third-order valence-electron chi connectivity index (χ3n) is 7.20. The van der Waals surface area contributed by atoms with Gasteiger partial charge in [-0.1, -0.05) is 18.7 Å². The number of rotatable bonds is 6. The number of para-hydroxylation sites is 1. The Bertz CT molecular complexity index is 1260. The zero-order valence-electron chi connectivity index (χ0n) is 20.8. The van der Waals surface area contributed by atoms with Crippen molar-refractivity contribution in [3.63, 3.8) is 0 Å². The number of aromatic nitrogens is 4. The van der Waals surface area contributed by atoms with E-state index in [9.17, 15) is 9.59 Å². The molecule has 1 aromatic carbocycles. The predicted molar refractivity (Wildman–Crippen MR) is 139 cm³/mol. The zero-order chi connectivity index (χ0) is 25.1. The average Bonchev–Trinajstić information content (AvgIpc) is 3.45. The monoisotopic (exact) mass is 487 g/mol. The van der Waals surface area contributed by atoms with Crippen LogP contribution in [0.5, 0.6) is 0 Å². The largest absolute Gasteiger partial charge is 0.337 e. The predicted octanol–water partition coefficient (Wildman–Crippen LogP) is 3.59. The summed E-state index contributed by atoms with van der Waals surface area (Å²) in [6.45, 7) is 10.2. The number of nitrogens with one attached hydrogen (secondary N) is 1. The van der Waals surface area contributed by atoms with Gasteiger partial charge in [-0.05, 0) is 69.8 Å². The maximum Gasteiger partial charge on any atom is 0.259 e. The van der Waals surface area contributed by atoms with Gasteiger partial charge < -0.3 is 9.47 Å². The minimum absolute atomic E-state index is 0.0204. The summed E-state index contributed by atoms with van der Waals surface area (Å²) in [5, 5.41) is 10.6. The molecule has 0 radical (unpaired) electrons. The molecule has 2 fully saturated rings. The molecule has 188 valence electrons. The highest BCUT2D eigenvalue weighted by Crippen LogP contribution is 2.32. The van der Waals surface area contributed by atoms with Gasteiger partial charge in [-0.3, -0.25) is 19.8 Å². The number of likely N-dealkylation sites (tertiary alicyclic amines) is 2. The van der Waals surface area contributed by atoms with Gasteiger partial charge in [0.15, 0.2) is 0 Å².